The minimum Gasteiger partial charge on any atom is -0.497 e. The molecule has 5 nitrogen and oxygen atoms in total. The number of thioether (sulfide) groups is 1. The van der Waals surface area contributed by atoms with Crippen molar-refractivity contribution in [3.05, 3.63) is 24.3 Å². The molecule has 2 aromatic rings. The first-order chi connectivity index (χ1) is 8.69. The fourth-order valence-corrected chi connectivity index (χ4v) is 1.87. The SMILES string of the molecule is COc1cccc(-c2nnc(SCC(C)=O)o2)c1. The molecule has 0 fully saturated rings. The third-order valence-electron chi connectivity index (χ3n) is 2.12. The van der Waals surface area contributed by atoms with Crippen LogP contribution >= 0.6 is 11.8 Å². The smallest absolute Gasteiger partial charge is 0.277 e. The van der Waals surface area contributed by atoms with Crippen LogP contribution in [0.3, 0.4) is 0 Å². The lowest BCUT2D eigenvalue weighted by Crippen LogP contribution is -1.92. The molecule has 0 spiro atoms. The number of ketones is 1. The molecule has 1 heterocycles. The van der Waals surface area contributed by atoms with Gasteiger partial charge in [0.05, 0.1) is 12.9 Å². The van der Waals surface area contributed by atoms with E-state index in [1.807, 2.05) is 24.3 Å². The Labute approximate surface area is 109 Å². The molecule has 1 aromatic heterocycles. The molecule has 0 saturated heterocycles. The standard InChI is InChI=1S/C12H12N2O3S/c1-8(15)7-18-12-14-13-11(17-12)9-4-3-5-10(6-9)16-2/h3-6H,7H2,1-2H3. The maximum absolute atomic E-state index is 10.9. The Morgan fingerprint density at radius 3 is 3.00 bits per heavy atom. The van der Waals surface area contributed by atoms with Crippen LogP contribution in [0.25, 0.3) is 11.5 Å². The van der Waals surface area contributed by atoms with Crippen LogP contribution in [0.2, 0.25) is 0 Å². The molecule has 0 aliphatic rings. The van der Waals surface area contributed by atoms with Crippen LogP contribution in [-0.4, -0.2) is 28.8 Å². The van der Waals surface area contributed by atoms with Gasteiger partial charge in [0.2, 0.25) is 5.89 Å². The second kappa shape index (κ2) is 5.68. The molecule has 2 rings (SSSR count). The number of carbonyl (C=O) groups excluding carboxylic acids is 1. The Hall–Kier alpha value is -1.82. The first-order valence-electron chi connectivity index (χ1n) is 5.29. The lowest BCUT2D eigenvalue weighted by Gasteiger charge is -1.99. The van der Waals surface area contributed by atoms with Crippen molar-refractivity contribution in [2.24, 2.45) is 0 Å². The first kappa shape index (κ1) is 12.6. The molecule has 0 unspecified atom stereocenters. The van der Waals surface area contributed by atoms with Crippen molar-refractivity contribution < 1.29 is 13.9 Å². The van der Waals surface area contributed by atoms with Crippen molar-refractivity contribution in [3.63, 3.8) is 0 Å². The van der Waals surface area contributed by atoms with E-state index in [0.717, 1.165) is 11.3 Å². The zero-order valence-corrected chi connectivity index (χ0v) is 10.9. The maximum atomic E-state index is 10.9. The van der Waals surface area contributed by atoms with Crippen molar-refractivity contribution in [3.8, 4) is 17.2 Å². The normalized spacial score (nSPS) is 10.3. The summed E-state index contributed by atoms with van der Waals surface area (Å²) in [6, 6.07) is 7.36. The molecular formula is C12H12N2O3S. The lowest BCUT2D eigenvalue weighted by atomic mass is 10.2. The maximum Gasteiger partial charge on any atom is 0.277 e. The fourth-order valence-electron chi connectivity index (χ4n) is 1.30. The third kappa shape index (κ3) is 3.10. The number of carbonyl (C=O) groups is 1. The van der Waals surface area contributed by atoms with Crippen LogP contribution in [-0.2, 0) is 4.79 Å². The summed E-state index contributed by atoms with van der Waals surface area (Å²) in [5.41, 5.74) is 0.788. The summed E-state index contributed by atoms with van der Waals surface area (Å²) in [5, 5.41) is 8.20. The topological polar surface area (TPSA) is 65.2 Å². The van der Waals surface area contributed by atoms with Crippen LogP contribution in [0, 0.1) is 0 Å². The van der Waals surface area contributed by atoms with E-state index >= 15 is 0 Å². The average Bonchev–Trinajstić information content (AvgIpc) is 2.85. The van der Waals surface area contributed by atoms with E-state index in [1.165, 1.54) is 18.7 Å². The number of Topliss-reactive ketones (excluding diaryl/α,β-unsaturated/α-hetero) is 1. The van der Waals surface area contributed by atoms with Gasteiger partial charge < -0.3 is 9.15 Å². The number of nitrogens with zero attached hydrogens (tertiary/aromatic N) is 2. The zero-order valence-electron chi connectivity index (χ0n) is 10.0. The minimum absolute atomic E-state index is 0.0705. The van der Waals surface area contributed by atoms with E-state index in [2.05, 4.69) is 10.2 Å². The lowest BCUT2D eigenvalue weighted by molar-refractivity contribution is -0.114. The predicted molar refractivity (Wildman–Crippen MR) is 67.7 cm³/mol. The van der Waals surface area contributed by atoms with Gasteiger partial charge in [-0.3, -0.25) is 4.79 Å². The average molecular weight is 264 g/mol. The van der Waals surface area contributed by atoms with Gasteiger partial charge in [-0.2, -0.15) is 0 Å². The van der Waals surface area contributed by atoms with Gasteiger partial charge in [-0.05, 0) is 25.1 Å². The zero-order chi connectivity index (χ0) is 13.0. The summed E-state index contributed by atoms with van der Waals surface area (Å²) in [6.07, 6.45) is 0. The highest BCUT2D eigenvalue weighted by Crippen LogP contribution is 2.25. The molecular weight excluding hydrogens is 252 g/mol. The van der Waals surface area contributed by atoms with E-state index in [9.17, 15) is 4.79 Å². The van der Waals surface area contributed by atoms with Gasteiger partial charge in [-0.25, -0.2) is 0 Å². The Morgan fingerprint density at radius 2 is 2.28 bits per heavy atom. The Bertz CT molecular complexity index is 554. The van der Waals surface area contributed by atoms with Crippen LogP contribution in [0.15, 0.2) is 33.9 Å². The molecule has 0 N–H and O–H groups in total. The van der Waals surface area contributed by atoms with Crippen LogP contribution < -0.4 is 4.74 Å². The minimum atomic E-state index is 0.0705. The van der Waals surface area contributed by atoms with Gasteiger partial charge in [-0.1, -0.05) is 17.8 Å². The largest absolute Gasteiger partial charge is 0.497 e. The van der Waals surface area contributed by atoms with E-state index in [4.69, 9.17) is 9.15 Å². The van der Waals surface area contributed by atoms with Crippen molar-refractivity contribution in [1.29, 1.82) is 0 Å². The van der Waals surface area contributed by atoms with Gasteiger partial charge in [0.25, 0.3) is 5.22 Å². The van der Waals surface area contributed by atoms with Gasteiger partial charge in [0, 0.05) is 5.56 Å². The van der Waals surface area contributed by atoms with Crippen molar-refractivity contribution in [1.82, 2.24) is 10.2 Å². The number of benzene rings is 1. The summed E-state index contributed by atoms with van der Waals surface area (Å²) in [7, 11) is 1.60. The van der Waals surface area contributed by atoms with E-state index in [-0.39, 0.29) is 5.78 Å². The fraction of sp³-hybridized carbons (Fsp3) is 0.250. The summed E-state index contributed by atoms with van der Waals surface area (Å²) in [6.45, 7) is 1.52. The predicted octanol–water partition coefficient (Wildman–Crippen LogP) is 2.43. The number of rotatable bonds is 5. The number of aromatic nitrogens is 2. The first-order valence-corrected chi connectivity index (χ1v) is 6.28. The van der Waals surface area contributed by atoms with E-state index < -0.39 is 0 Å². The molecule has 6 heteroatoms. The molecule has 0 bridgehead atoms. The number of hydrogen-bond acceptors (Lipinski definition) is 6. The molecule has 0 amide bonds. The Morgan fingerprint density at radius 1 is 1.44 bits per heavy atom. The third-order valence-corrected chi connectivity index (χ3v) is 3.08. The molecule has 0 aliphatic heterocycles. The van der Waals surface area contributed by atoms with Crippen LogP contribution in [0.5, 0.6) is 5.75 Å². The molecule has 18 heavy (non-hydrogen) atoms. The summed E-state index contributed by atoms with van der Waals surface area (Å²) in [5.74, 6) is 1.55. The van der Waals surface area contributed by atoms with Crippen molar-refractivity contribution in [2.45, 2.75) is 12.1 Å². The molecule has 0 atom stereocenters. The van der Waals surface area contributed by atoms with Gasteiger partial charge >= 0.3 is 0 Å². The van der Waals surface area contributed by atoms with Crippen molar-refractivity contribution >= 4 is 17.5 Å². The van der Waals surface area contributed by atoms with Crippen LogP contribution in [0.4, 0.5) is 0 Å². The highest BCUT2D eigenvalue weighted by molar-refractivity contribution is 7.99. The van der Waals surface area contributed by atoms with Gasteiger partial charge in [-0.15, -0.1) is 10.2 Å². The van der Waals surface area contributed by atoms with E-state index in [1.54, 1.807) is 7.11 Å². The van der Waals surface area contributed by atoms with Crippen LogP contribution in [0.1, 0.15) is 6.92 Å². The van der Waals surface area contributed by atoms with E-state index in [0.29, 0.717) is 16.9 Å². The highest BCUT2D eigenvalue weighted by Gasteiger charge is 2.10. The summed E-state index contributed by atoms with van der Waals surface area (Å²) in [4.78, 5) is 10.9. The molecule has 0 saturated carbocycles. The van der Waals surface area contributed by atoms with Gasteiger partial charge in [0.1, 0.15) is 11.5 Å². The number of methoxy groups -OCH3 is 1. The second-order valence-electron chi connectivity index (χ2n) is 3.60. The summed E-state index contributed by atoms with van der Waals surface area (Å²) >= 11 is 1.23. The van der Waals surface area contributed by atoms with Gasteiger partial charge in [0.15, 0.2) is 0 Å². The molecule has 1 aromatic carbocycles. The molecule has 94 valence electrons. The second-order valence-corrected chi connectivity index (χ2v) is 4.52. The molecule has 0 aliphatic carbocycles. The number of ether oxygens (including phenoxy) is 1. The quantitative estimate of drug-likeness (QED) is 0.773. The van der Waals surface area contributed by atoms with Crippen molar-refractivity contribution in [2.75, 3.05) is 12.9 Å². The number of hydrogen-bond donors (Lipinski definition) is 0. The summed E-state index contributed by atoms with van der Waals surface area (Å²) < 4.78 is 10.6. The molecule has 0 radical (unpaired) electrons. The monoisotopic (exact) mass is 264 g/mol. The Balaban J connectivity index is 2.15. The highest BCUT2D eigenvalue weighted by atomic mass is 32.2. The Kier molecular flexibility index (Phi) is 3.99.